The normalized spacial score (nSPS) is 10.8. The molecule has 0 saturated heterocycles. The van der Waals surface area contributed by atoms with Gasteiger partial charge in [0.25, 0.3) is 5.56 Å². The van der Waals surface area contributed by atoms with E-state index in [2.05, 4.69) is 11.6 Å². The zero-order chi connectivity index (χ0) is 22.5. The summed E-state index contributed by atoms with van der Waals surface area (Å²) >= 11 is 7.52. The van der Waals surface area contributed by atoms with Gasteiger partial charge < -0.3 is 9.64 Å². The minimum absolute atomic E-state index is 0.0442. The van der Waals surface area contributed by atoms with Gasteiger partial charge in [-0.1, -0.05) is 47.6 Å². The summed E-state index contributed by atoms with van der Waals surface area (Å²) in [5, 5.41) is 1.29. The van der Waals surface area contributed by atoms with E-state index in [1.54, 1.807) is 41.3 Å². The summed E-state index contributed by atoms with van der Waals surface area (Å²) in [5.41, 5.74) is 1.82. The highest BCUT2D eigenvalue weighted by atomic mass is 35.5. The Morgan fingerprint density at radius 2 is 2.03 bits per heavy atom. The zero-order valence-corrected chi connectivity index (χ0v) is 19.3. The minimum Gasteiger partial charge on any atom is -0.495 e. The molecule has 1 amide bonds. The molecule has 0 aliphatic heterocycles. The molecule has 2 aromatic carbocycles. The molecule has 0 aliphatic carbocycles. The fourth-order valence-electron chi connectivity index (χ4n) is 3.15. The van der Waals surface area contributed by atoms with E-state index in [1.807, 2.05) is 19.9 Å². The monoisotopic (exact) mass is 457 g/mol. The number of rotatable bonds is 8. The van der Waals surface area contributed by atoms with Crippen molar-refractivity contribution in [1.29, 1.82) is 0 Å². The molecule has 162 valence electrons. The number of methoxy groups -OCH3 is 1. The number of nitrogens with zero attached hydrogens (tertiary/aromatic N) is 3. The summed E-state index contributed by atoms with van der Waals surface area (Å²) in [4.78, 5) is 32.4. The summed E-state index contributed by atoms with van der Waals surface area (Å²) in [6.07, 6.45) is 0. The molecular formula is C23H24ClN3O3S. The number of aromatic nitrogens is 2. The van der Waals surface area contributed by atoms with Crippen molar-refractivity contribution in [2.75, 3.05) is 26.0 Å². The van der Waals surface area contributed by atoms with Crippen molar-refractivity contribution >= 4 is 40.2 Å². The molecule has 1 aromatic heterocycles. The van der Waals surface area contributed by atoms with Crippen LogP contribution in [0.3, 0.4) is 0 Å². The number of thioether (sulfide) groups is 1. The summed E-state index contributed by atoms with van der Waals surface area (Å²) in [6.45, 7) is 8.78. The van der Waals surface area contributed by atoms with Crippen LogP contribution in [0.1, 0.15) is 13.8 Å². The van der Waals surface area contributed by atoms with E-state index in [4.69, 9.17) is 16.3 Å². The second kappa shape index (κ2) is 10.0. The number of carbonyl (C=O) groups excluding carboxylic acids is 1. The number of ether oxygens (including phenoxy) is 1. The molecule has 0 spiro atoms. The molecule has 0 saturated carbocycles. The van der Waals surface area contributed by atoms with Crippen molar-refractivity contribution < 1.29 is 9.53 Å². The lowest BCUT2D eigenvalue weighted by atomic mass is 10.2. The number of hydrogen-bond acceptors (Lipinski definition) is 5. The maximum Gasteiger partial charge on any atom is 0.266 e. The van der Waals surface area contributed by atoms with Crippen molar-refractivity contribution in [2.45, 2.75) is 19.0 Å². The molecule has 0 atom stereocenters. The summed E-state index contributed by atoms with van der Waals surface area (Å²) in [5.74, 6) is 0.614. The lowest BCUT2D eigenvalue weighted by Gasteiger charge is -2.21. The molecule has 0 aliphatic rings. The first-order valence-corrected chi connectivity index (χ1v) is 11.1. The molecule has 0 unspecified atom stereocenters. The van der Waals surface area contributed by atoms with Crippen LogP contribution >= 0.6 is 23.4 Å². The van der Waals surface area contributed by atoms with Crippen LogP contribution in [-0.4, -0.2) is 46.3 Å². The van der Waals surface area contributed by atoms with Gasteiger partial charge in [0.2, 0.25) is 5.91 Å². The van der Waals surface area contributed by atoms with Gasteiger partial charge in [0.15, 0.2) is 5.16 Å². The highest BCUT2D eigenvalue weighted by molar-refractivity contribution is 7.99. The SMILES string of the molecule is C=C(C)CN(CC)C(=O)CSc1nc2ccccc2c(=O)n1-c1ccc(OC)c(Cl)c1. The number of para-hydroxylation sites is 1. The van der Waals surface area contributed by atoms with E-state index in [0.717, 1.165) is 5.57 Å². The minimum atomic E-state index is -0.226. The fourth-order valence-corrected chi connectivity index (χ4v) is 4.32. The Labute approximate surface area is 190 Å². The number of hydrogen-bond donors (Lipinski definition) is 0. The van der Waals surface area contributed by atoms with Gasteiger partial charge in [-0.3, -0.25) is 14.2 Å². The third-order valence-corrected chi connectivity index (χ3v) is 5.88. The predicted octanol–water partition coefficient (Wildman–Crippen LogP) is 4.56. The second-order valence-corrected chi connectivity index (χ2v) is 8.37. The van der Waals surface area contributed by atoms with Crippen LogP contribution < -0.4 is 10.3 Å². The first-order chi connectivity index (χ1) is 14.8. The topological polar surface area (TPSA) is 64.4 Å². The summed E-state index contributed by atoms with van der Waals surface area (Å²) < 4.78 is 6.71. The second-order valence-electron chi connectivity index (χ2n) is 7.02. The number of halogens is 1. The van der Waals surface area contributed by atoms with Gasteiger partial charge in [0.1, 0.15) is 5.75 Å². The third-order valence-electron chi connectivity index (χ3n) is 4.66. The quantitative estimate of drug-likeness (QED) is 0.282. The third kappa shape index (κ3) is 5.11. The maximum absolute atomic E-state index is 13.3. The van der Waals surface area contributed by atoms with Crippen molar-refractivity contribution in [1.82, 2.24) is 14.5 Å². The molecule has 31 heavy (non-hydrogen) atoms. The average Bonchev–Trinajstić information content (AvgIpc) is 2.75. The summed E-state index contributed by atoms with van der Waals surface area (Å²) in [6, 6.07) is 12.2. The molecular weight excluding hydrogens is 434 g/mol. The van der Waals surface area contributed by atoms with Gasteiger partial charge in [-0.05, 0) is 44.2 Å². The van der Waals surface area contributed by atoms with Gasteiger partial charge in [0, 0.05) is 13.1 Å². The lowest BCUT2D eigenvalue weighted by molar-refractivity contribution is -0.127. The van der Waals surface area contributed by atoms with Crippen LogP contribution in [-0.2, 0) is 4.79 Å². The summed E-state index contributed by atoms with van der Waals surface area (Å²) in [7, 11) is 1.53. The van der Waals surface area contributed by atoms with Crippen LogP contribution in [0, 0.1) is 0 Å². The highest BCUT2D eigenvalue weighted by Crippen LogP contribution is 2.28. The van der Waals surface area contributed by atoms with E-state index in [0.29, 0.717) is 45.6 Å². The number of carbonyl (C=O) groups is 1. The molecule has 0 fully saturated rings. The van der Waals surface area contributed by atoms with Crippen LogP contribution in [0.4, 0.5) is 0 Å². The Kier molecular flexibility index (Phi) is 7.41. The van der Waals surface area contributed by atoms with Crippen molar-refractivity contribution in [3.63, 3.8) is 0 Å². The molecule has 0 radical (unpaired) electrons. The molecule has 6 nitrogen and oxygen atoms in total. The first kappa shape index (κ1) is 22.9. The van der Waals surface area contributed by atoms with Crippen LogP contribution in [0.25, 0.3) is 16.6 Å². The first-order valence-electron chi connectivity index (χ1n) is 9.76. The van der Waals surface area contributed by atoms with E-state index in [-0.39, 0.29) is 17.2 Å². The van der Waals surface area contributed by atoms with Crippen molar-refractivity contribution in [3.05, 3.63) is 70.0 Å². The number of fused-ring (bicyclic) bond motifs is 1. The number of likely N-dealkylation sites (N-methyl/N-ethyl adjacent to an activating group) is 1. The average molecular weight is 458 g/mol. The lowest BCUT2D eigenvalue weighted by Crippen LogP contribution is -2.33. The van der Waals surface area contributed by atoms with Crippen molar-refractivity contribution in [2.24, 2.45) is 0 Å². The van der Waals surface area contributed by atoms with E-state index in [1.165, 1.54) is 23.4 Å². The Hall–Kier alpha value is -2.77. The molecule has 3 rings (SSSR count). The molecule has 0 bridgehead atoms. The largest absolute Gasteiger partial charge is 0.495 e. The van der Waals surface area contributed by atoms with E-state index >= 15 is 0 Å². The van der Waals surface area contributed by atoms with E-state index < -0.39 is 0 Å². The number of amides is 1. The van der Waals surface area contributed by atoms with Crippen LogP contribution in [0.5, 0.6) is 5.75 Å². The Balaban J connectivity index is 2.05. The van der Waals surface area contributed by atoms with Crippen LogP contribution in [0.2, 0.25) is 5.02 Å². The maximum atomic E-state index is 13.3. The van der Waals surface area contributed by atoms with E-state index in [9.17, 15) is 9.59 Å². The van der Waals surface area contributed by atoms with Gasteiger partial charge in [-0.2, -0.15) is 0 Å². The fraction of sp³-hybridized carbons (Fsp3) is 0.261. The Morgan fingerprint density at radius 3 is 2.68 bits per heavy atom. The highest BCUT2D eigenvalue weighted by Gasteiger charge is 2.18. The van der Waals surface area contributed by atoms with Crippen LogP contribution in [0.15, 0.2) is 64.6 Å². The standard InChI is InChI=1S/C23H24ClN3O3S/c1-5-26(13-15(2)3)21(28)14-31-23-25-19-9-7-6-8-17(19)22(29)27(23)16-10-11-20(30-4)18(24)12-16/h6-12H,2,5,13-14H2,1,3-4H3. The molecule has 8 heteroatoms. The number of benzene rings is 2. The predicted molar refractivity (Wildman–Crippen MR) is 127 cm³/mol. The zero-order valence-electron chi connectivity index (χ0n) is 17.7. The van der Waals surface area contributed by atoms with Gasteiger partial charge >= 0.3 is 0 Å². The van der Waals surface area contributed by atoms with Gasteiger partial charge in [0.05, 0.1) is 34.5 Å². The Bertz CT molecular complexity index is 1190. The smallest absolute Gasteiger partial charge is 0.266 e. The van der Waals surface area contributed by atoms with Gasteiger partial charge in [-0.15, -0.1) is 0 Å². The Morgan fingerprint density at radius 1 is 1.29 bits per heavy atom. The van der Waals surface area contributed by atoms with Gasteiger partial charge in [-0.25, -0.2) is 4.98 Å². The molecule has 0 N–H and O–H groups in total. The van der Waals surface area contributed by atoms with Crippen molar-refractivity contribution in [3.8, 4) is 11.4 Å². The molecule has 3 aromatic rings. The molecule has 1 heterocycles.